The Morgan fingerprint density at radius 3 is 2.54 bits per heavy atom. The van der Waals surface area contributed by atoms with E-state index in [1.54, 1.807) is 12.1 Å². The van der Waals surface area contributed by atoms with Gasteiger partial charge in [0.15, 0.2) is 0 Å². The minimum Gasteiger partial charge on any atom is -0.351 e. The first kappa shape index (κ1) is 18.0. The number of nitro benzene ring substituents is 1. The molecular weight excluding hydrogens is 324 g/mol. The molecule has 0 aliphatic carbocycles. The van der Waals surface area contributed by atoms with Crippen LogP contribution in [-0.4, -0.2) is 23.6 Å². The Morgan fingerprint density at radius 1 is 1.25 bits per heavy atom. The highest BCUT2D eigenvalue weighted by molar-refractivity contribution is 7.98. The normalized spacial score (nSPS) is 11.8. The van der Waals surface area contributed by atoms with Crippen molar-refractivity contribution in [2.24, 2.45) is 0 Å². The van der Waals surface area contributed by atoms with E-state index in [-0.39, 0.29) is 17.2 Å². The zero-order chi connectivity index (χ0) is 17.5. The lowest BCUT2D eigenvalue weighted by atomic mass is 9.96. The van der Waals surface area contributed by atoms with Crippen LogP contribution in [-0.2, 0) is 0 Å². The molecule has 0 aliphatic rings. The van der Waals surface area contributed by atoms with Crippen LogP contribution in [0.1, 0.15) is 35.2 Å². The standard InChI is InChI=1S/C18H20N2O3S/c1-3-13(14-7-5-4-6-8-14)12-19-18(21)16-11-15(24-2)9-10-17(16)20(22)23/h4-11,13H,3,12H2,1-2H3,(H,19,21). The van der Waals surface area contributed by atoms with Gasteiger partial charge in [-0.05, 0) is 30.4 Å². The minimum atomic E-state index is -0.520. The summed E-state index contributed by atoms with van der Waals surface area (Å²) in [5.74, 6) is -0.232. The van der Waals surface area contributed by atoms with Crippen molar-refractivity contribution >= 4 is 23.4 Å². The number of benzene rings is 2. The van der Waals surface area contributed by atoms with Crippen molar-refractivity contribution in [2.75, 3.05) is 12.8 Å². The molecule has 24 heavy (non-hydrogen) atoms. The molecule has 6 heteroatoms. The summed E-state index contributed by atoms with van der Waals surface area (Å²) in [4.78, 5) is 23.9. The van der Waals surface area contributed by atoms with Gasteiger partial charge in [0.05, 0.1) is 4.92 Å². The van der Waals surface area contributed by atoms with E-state index in [0.717, 1.165) is 16.9 Å². The van der Waals surface area contributed by atoms with Gasteiger partial charge in [0.25, 0.3) is 11.6 Å². The summed E-state index contributed by atoms with van der Waals surface area (Å²) in [5, 5.41) is 14.0. The average molecular weight is 344 g/mol. The molecular formula is C18H20N2O3S. The van der Waals surface area contributed by atoms with Crippen LogP contribution in [0.4, 0.5) is 5.69 Å². The van der Waals surface area contributed by atoms with Crippen molar-refractivity contribution in [2.45, 2.75) is 24.2 Å². The zero-order valence-electron chi connectivity index (χ0n) is 13.7. The molecule has 0 saturated carbocycles. The topological polar surface area (TPSA) is 72.2 Å². The third-order valence-electron chi connectivity index (χ3n) is 3.92. The Hall–Kier alpha value is -2.34. The SMILES string of the molecule is CCC(CNC(=O)c1cc(SC)ccc1[N+](=O)[O-])c1ccccc1. The number of hydrogen-bond donors (Lipinski definition) is 1. The van der Waals surface area contributed by atoms with Crippen LogP contribution in [0.15, 0.2) is 53.4 Å². The summed E-state index contributed by atoms with van der Waals surface area (Å²) in [5.41, 5.74) is 1.08. The molecule has 0 heterocycles. The van der Waals surface area contributed by atoms with E-state index < -0.39 is 10.8 Å². The van der Waals surface area contributed by atoms with Crippen molar-refractivity contribution in [1.82, 2.24) is 5.32 Å². The molecule has 0 bridgehead atoms. The largest absolute Gasteiger partial charge is 0.351 e. The maximum Gasteiger partial charge on any atom is 0.282 e. The van der Waals surface area contributed by atoms with Gasteiger partial charge in [-0.3, -0.25) is 14.9 Å². The fraction of sp³-hybridized carbons (Fsp3) is 0.278. The lowest BCUT2D eigenvalue weighted by Crippen LogP contribution is -2.28. The molecule has 126 valence electrons. The number of nitrogens with zero attached hydrogens (tertiary/aromatic N) is 1. The first-order chi connectivity index (χ1) is 11.6. The van der Waals surface area contributed by atoms with Crippen LogP contribution in [0.2, 0.25) is 0 Å². The maximum absolute atomic E-state index is 12.5. The van der Waals surface area contributed by atoms with Gasteiger partial charge in [-0.1, -0.05) is 37.3 Å². The van der Waals surface area contributed by atoms with Gasteiger partial charge < -0.3 is 5.32 Å². The van der Waals surface area contributed by atoms with Crippen molar-refractivity contribution in [1.29, 1.82) is 0 Å². The van der Waals surface area contributed by atoms with E-state index in [9.17, 15) is 14.9 Å². The molecule has 1 unspecified atom stereocenters. The van der Waals surface area contributed by atoms with Crippen molar-refractivity contribution in [3.05, 3.63) is 69.8 Å². The van der Waals surface area contributed by atoms with Crippen LogP contribution >= 0.6 is 11.8 Å². The molecule has 2 aromatic carbocycles. The van der Waals surface area contributed by atoms with Gasteiger partial charge in [0.1, 0.15) is 5.56 Å². The highest BCUT2D eigenvalue weighted by atomic mass is 32.2. The average Bonchev–Trinajstić information content (AvgIpc) is 2.62. The first-order valence-corrected chi connectivity index (χ1v) is 8.94. The lowest BCUT2D eigenvalue weighted by Gasteiger charge is -2.16. The van der Waals surface area contributed by atoms with Gasteiger partial charge in [0.2, 0.25) is 0 Å². The zero-order valence-corrected chi connectivity index (χ0v) is 14.5. The minimum absolute atomic E-state index is 0.106. The second kappa shape index (κ2) is 8.49. The Balaban J connectivity index is 2.16. The molecule has 2 rings (SSSR count). The molecule has 0 saturated heterocycles. The van der Waals surface area contributed by atoms with E-state index >= 15 is 0 Å². The first-order valence-electron chi connectivity index (χ1n) is 7.72. The highest BCUT2D eigenvalue weighted by Gasteiger charge is 2.21. The summed E-state index contributed by atoms with van der Waals surface area (Å²) in [6.07, 6.45) is 2.74. The van der Waals surface area contributed by atoms with Crippen molar-refractivity contribution in [3.63, 3.8) is 0 Å². The number of hydrogen-bond acceptors (Lipinski definition) is 4. The number of carbonyl (C=O) groups excluding carboxylic acids is 1. The predicted octanol–water partition coefficient (Wildman–Crippen LogP) is 4.24. The van der Waals surface area contributed by atoms with E-state index in [1.807, 2.05) is 36.6 Å². The maximum atomic E-state index is 12.5. The molecule has 0 aliphatic heterocycles. The summed E-state index contributed by atoms with van der Waals surface area (Å²) >= 11 is 1.44. The molecule has 0 radical (unpaired) electrons. The Bertz CT molecular complexity index is 719. The lowest BCUT2D eigenvalue weighted by molar-refractivity contribution is -0.385. The summed E-state index contributed by atoms with van der Waals surface area (Å²) in [6.45, 7) is 2.50. The van der Waals surface area contributed by atoms with Gasteiger partial charge in [-0.2, -0.15) is 0 Å². The fourth-order valence-electron chi connectivity index (χ4n) is 2.52. The quantitative estimate of drug-likeness (QED) is 0.463. The Kier molecular flexibility index (Phi) is 6.37. The number of thioether (sulfide) groups is 1. The van der Waals surface area contributed by atoms with Crippen LogP contribution in [0.5, 0.6) is 0 Å². The summed E-state index contributed by atoms with van der Waals surface area (Å²) < 4.78 is 0. The molecule has 0 aromatic heterocycles. The highest BCUT2D eigenvalue weighted by Crippen LogP contribution is 2.25. The van der Waals surface area contributed by atoms with Crippen LogP contribution in [0, 0.1) is 10.1 Å². The van der Waals surface area contributed by atoms with E-state index in [4.69, 9.17) is 0 Å². The Morgan fingerprint density at radius 2 is 1.96 bits per heavy atom. The van der Waals surface area contributed by atoms with E-state index in [2.05, 4.69) is 12.2 Å². The van der Waals surface area contributed by atoms with E-state index in [1.165, 1.54) is 17.8 Å². The van der Waals surface area contributed by atoms with Gasteiger partial charge >= 0.3 is 0 Å². The number of rotatable bonds is 7. The van der Waals surface area contributed by atoms with Crippen LogP contribution < -0.4 is 5.32 Å². The molecule has 2 aromatic rings. The Labute approximate surface area is 145 Å². The van der Waals surface area contributed by atoms with Crippen molar-refractivity contribution in [3.8, 4) is 0 Å². The monoisotopic (exact) mass is 344 g/mol. The number of nitrogens with one attached hydrogen (secondary N) is 1. The molecule has 0 spiro atoms. The molecule has 0 fully saturated rings. The number of amides is 1. The van der Waals surface area contributed by atoms with Crippen molar-refractivity contribution < 1.29 is 9.72 Å². The molecule has 5 nitrogen and oxygen atoms in total. The molecule has 1 amide bonds. The second-order valence-corrected chi connectivity index (χ2v) is 6.25. The molecule has 1 N–H and O–H groups in total. The summed E-state index contributed by atoms with van der Waals surface area (Å²) in [7, 11) is 0. The smallest absolute Gasteiger partial charge is 0.282 e. The van der Waals surface area contributed by atoms with E-state index in [0.29, 0.717) is 6.54 Å². The fourth-order valence-corrected chi connectivity index (χ4v) is 2.96. The van der Waals surface area contributed by atoms with Crippen LogP contribution in [0.3, 0.4) is 0 Å². The van der Waals surface area contributed by atoms with Gasteiger partial charge in [-0.25, -0.2) is 0 Å². The van der Waals surface area contributed by atoms with Gasteiger partial charge in [0, 0.05) is 23.4 Å². The summed E-state index contributed by atoms with van der Waals surface area (Å²) in [6, 6.07) is 14.5. The predicted molar refractivity (Wildman–Crippen MR) is 96.7 cm³/mol. The van der Waals surface area contributed by atoms with Crippen LogP contribution in [0.25, 0.3) is 0 Å². The number of carbonyl (C=O) groups is 1. The second-order valence-electron chi connectivity index (χ2n) is 5.37. The third kappa shape index (κ3) is 4.35. The van der Waals surface area contributed by atoms with Gasteiger partial charge in [-0.15, -0.1) is 11.8 Å². The third-order valence-corrected chi connectivity index (χ3v) is 4.64. The molecule has 1 atom stereocenters. The number of nitro groups is 1.